The zero-order valence-corrected chi connectivity index (χ0v) is 11.8. The quantitative estimate of drug-likeness (QED) is 0.792. The first kappa shape index (κ1) is 14.2. The predicted octanol–water partition coefficient (Wildman–Crippen LogP) is 2.56. The average Bonchev–Trinajstić information content (AvgIpc) is 2.64. The van der Waals surface area contributed by atoms with E-state index in [1.54, 1.807) is 0 Å². The molecular formula is C14H27N3. The zero-order valence-electron chi connectivity index (χ0n) is 11.8. The van der Waals surface area contributed by atoms with Crippen LogP contribution in [0.1, 0.15) is 51.1 Å². The van der Waals surface area contributed by atoms with E-state index in [0.717, 1.165) is 38.3 Å². The lowest BCUT2D eigenvalue weighted by molar-refractivity contribution is 0.474. The molecule has 0 aliphatic heterocycles. The van der Waals surface area contributed by atoms with E-state index in [4.69, 9.17) is 10.8 Å². The van der Waals surface area contributed by atoms with Crippen LogP contribution in [0.15, 0.2) is 0 Å². The lowest BCUT2D eigenvalue weighted by atomic mass is 10.1. The maximum Gasteiger partial charge on any atom is 0.0657 e. The Morgan fingerprint density at radius 3 is 2.41 bits per heavy atom. The molecule has 3 heteroatoms. The van der Waals surface area contributed by atoms with Gasteiger partial charge in [0.1, 0.15) is 0 Å². The van der Waals surface area contributed by atoms with Crippen molar-refractivity contribution in [1.29, 1.82) is 0 Å². The minimum atomic E-state index is 0.718. The summed E-state index contributed by atoms with van der Waals surface area (Å²) in [6.45, 7) is 10.7. The first-order valence-electron chi connectivity index (χ1n) is 6.91. The number of rotatable bonds is 7. The van der Waals surface area contributed by atoms with Crippen molar-refractivity contribution in [3.63, 3.8) is 0 Å². The SMILES string of the molecule is CCc1nn(CCC(C)C)c(CC)c1CCN. The molecule has 1 aromatic rings. The highest BCUT2D eigenvalue weighted by molar-refractivity contribution is 5.27. The summed E-state index contributed by atoms with van der Waals surface area (Å²) in [5, 5.41) is 4.75. The Labute approximate surface area is 105 Å². The van der Waals surface area contributed by atoms with E-state index in [-0.39, 0.29) is 0 Å². The van der Waals surface area contributed by atoms with Gasteiger partial charge in [0.05, 0.1) is 5.69 Å². The first-order valence-corrected chi connectivity index (χ1v) is 6.91. The summed E-state index contributed by atoms with van der Waals surface area (Å²) in [5.41, 5.74) is 9.75. The number of aromatic nitrogens is 2. The molecule has 1 heterocycles. The van der Waals surface area contributed by atoms with Gasteiger partial charge >= 0.3 is 0 Å². The van der Waals surface area contributed by atoms with Crippen molar-refractivity contribution in [3.05, 3.63) is 17.0 Å². The van der Waals surface area contributed by atoms with Crippen LogP contribution in [-0.2, 0) is 25.8 Å². The van der Waals surface area contributed by atoms with Crippen molar-refractivity contribution < 1.29 is 0 Å². The molecule has 3 nitrogen and oxygen atoms in total. The van der Waals surface area contributed by atoms with Gasteiger partial charge in [-0.2, -0.15) is 5.10 Å². The Kier molecular flexibility index (Phi) is 5.69. The van der Waals surface area contributed by atoms with Gasteiger partial charge in [-0.1, -0.05) is 27.7 Å². The maximum absolute atomic E-state index is 5.70. The van der Waals surface area contributed by atoms with Crippen LogP contribution in [0.25, 0.3) is 0 Å². The van der Waals surface area contributed by atoms with E-state index in [1.807, 2.05) is 0 Å². The summed E-state index contributed by atoms with van der Waals surface area (Å²) >= 11 is 0. The van der Waals surface area contributed by atoms with Crippen molar-refractivity contribution in [1.82, 2.24) is 9.78 Å². The van der Waals surface area contributed by atoms with Crippen molar-refractivity contribution >= 4 is 0 Å². The van der Waals surface area contributed by atoms with Gasteiger partial charge in [-0.15, -0.1) is 0 Å². The minimum absolute atomic E-state index is 0.718. The fourth-order valence-corrected chi connectivity index (χ4v) is 2.27. The van der Waals surface area contributed by atoms with Gasteiger partial charge in [0, 0.05) is 12.2 Å². The Bertz CT molecular complexity index is 339. The summed E-state index contributed by atoms with van der Waals surface area (Å²) in [6.07, 6.45) is 4.23. The van der Waals surface area contributed by atoms with Crippen LogP contribution < -0.4 is 5.73 Å². The first-order chi connectivity index (χ1) is 8.13. The van der Waals surface area contributed by atoms with Gasteiger partial charge in [-0.25, -0.2) is 0 Å². The van der Waals surface area contributed by atoms with Gasteiger partial charge < -0.3 is 5.73 Å². The third-order valence-corrected chi connectivity index (χ3v) is 3.23. The molecule has 0 aromatic carbocycles. The normalized spacial score (nSPS) is 11.4. The maximum atomic E-state index is 5.70. The Balaban J connectivity index is 2.95. The molecule has 1 rings (SSSR count). The largest absolute Gasteiger partial charge is 0.330 e. The van der Waals surface area contributed by atoms with Gasteiger partial charge in [0.2, 0.25) is 0 Å². The summed E-state index contributed by atoms with van der Waals surface area (Å²) in [4.78, 5) is 0. The fourth-order valence-electron chi connectivity index (χ4n) is 2.27. The standard InChI is InChI=1S/C14H27N3/c1-5-13-12(7-9-15)14(6-2)17(16-13)10-8-11(3)4/h11H,5-10,15H2,1-4H3. The highest BCUT2D eigenvalue weighted by Crippen LogP contribution is 2.18. The highest BCUT2D eigenvalue weighted by Gasteiger charge is 2.14. The molecule has 0 saturated carbocycles. The van der Waals surface area contributed by atoms with E-state index in [2.05, 4.69) is 32.4 Å². The summed E-state index contributed by atoms with van der Waals surface area (Å²) < 4.78 is 2.21. The smallest absolute Gasteiger partial charge is 0.0657 e. The molecule has 0 saturated heterocycles. The third-order valence-electron chi connectivity index (χ3n) is 3.23. The summed E-state index contributed by atoms with van der Waals surface area (Å²) in [6, 6.07) is 0. The molecule has 0 fully saturated rings. The molecule has 2 N–H and O–H groups in total. The van der Waals surface area contributed by atoms with E-state index in [9.17, 15) is 0 Å². The number of nitrogens with two attached hydrogens (primary N) is 1. The van der Waals surface area contributed by atoms with Crippen molar-refractivity contribution in [2.75, 3.05) is 6.54 Å². The molecule has 0 aliphatic carbocycles. The lowest BCUT2D eigenvalue weighted by Gasteiger charge is -2.09. The monoisotopic (exact) mass is 237 g/mol. The molecule has 0 atom stereocenters. The van der Waals surface area contributed by atoms with E-state index in [0.29, 0.717) is 0 Å². The number of nitrogens with zero attached hydrogens (tertiary/aromatic N) is 2. The number of hydrogen-bond donors (Lipinski definition) is 1. The Morgan fingerprint density at radius 1 is 1.24 bits per heavy atom. The lowest BCUT2D eigenvalue weighted by Crippen LogP contribution is -2.09. The third kappa shape index (κ3) is 3.56. The van der Waals surface area contributed by atoms with Crippen LogP contribution in [-0.4, -0.2) is 16.3 Å². The molecule has 0 radical (unpaired) electrons. The summed E-state index contributed by atoms with van der Waals surface area (Å²) in [5.74, 6) is 0.729. The Morgan fingerprint density at radius 2 is 1.94 bits per heavy atom. The minimum Gasteiger partial charge on any atom is -0.330 e. The zero-order chi connectivity index (χ0) is 12.8. The average molecular weight is 237 g/mol. The molecular weight excluding hydrogens is 210 g/mol. The second-order valence-corrected chi connectivity index (χ2v) is 5.02. The van der Waals surface area contributed by atoms with Gasteiger partial charge in [-0.05, 0) is 43.7 Å². The van der Waals surface area contributed by atoms with Crippen LogP contribution in [0.5, 0.6) is 0 Å². The van der Waals surface area contributed by atoms with Crippen LogP contribution in [0, 0.1) is 5.92 Å². The van der Waals surface area contributed by atoms with Gasteiger partial charge in [-0.3, -0.25) is 4.68 Å². The topological polar surface area (TPSA) is 43.8 Å². The fraction of sp³-hybridized carbons (Fsp3) is 0.786. The number of hydrogen-bond acceptors (Lipinski definition) is 2. The van der Waals surface area contributed by atoms with Crippen LogP contribution in [0.3, 0.4) is 0 Å². The predicted molar refractivity (Wildman–Crippen MR) is 73.2 cm³/mol. The van der Waals surface area contributed by atoms with E-state index >= 15 is 0 Å². The van der Waals surface area contributed by atoms with E-state index in [1.165, 1.54) is 23.4 Å². The van der Waals surface area contributed by atoms with Crippen LogP contribution >= 0.6 is 0 Å². The van der Waals surface area contributed by atoms with Crippen molar-refractivity contribution in [2.24, 2.45) is 11.7 Å². The molecule has 0 unspecified atom stereocenters. The van der Waals surface area contributed by atoms with Crippen LogP contribution in [0.2, 0.25) is 0 Å². The Hall–Kier alpha value is -0.830. The molecule has 0 aliphatic rings. The second kappa shape index (κ2) is 6.80. The number of aryl methyl sites for hydroxylation is 2. The second-order valence-electron chi connectivity index (χ2n) is 5.02. The molecule has 0 bridgehead atoms. The molecule has 0 amide bonds. The van der Waals surface area contributed by atoms with Crippen LogP contribution in [0.4, 0.5) is 0 Å². The van der Waals surface area contributed by atoms with E-state index < -0.39 is 0 Å². The molecule has 98 valence electrons. The van der Waals surface area contributed by atoms with Crippen molar-refractivity contribution in [3.8, 4) is 0 Å². The van der Waals surface area contributed by atoms with Crippen molar-refractivity contribution in [2.45, 2.75) is 59.9 Å². The van der Waals surface area contributed by atoms with Gasteiger partial charge in [0.25, 0.3) is 0 Å². The molecule has 1 aromatic heterocycles. The highest BCUT2D eigenvalue weighted by atomic mass is 15.3. The summed E-state index contributed by atoms with van der Waals surface area (Å²) in [7, 11) is 0. The molecule has 17 heavy (non-hydrogen) atoms. The molecule has 0 spiro atoms. The van der Waals surface area contributed by atoms with Gasteiger partial charge in [0.15, 0.2) is 0 Å².